The standard InChI is InChI=1S/C23H20ClF3N2O3S/c1-28(15-17-10-12-19(24)13-11-17)22(30)16-29(33(31,32)21-8-3-2-4-9-21)20-7-5-6-18(14-20)23(25,26)27/h2-14H,15-16H2,1H3. The molecule has 3 rings (SSSR count). The van der Waals surface area contributed by atoms with Gasteiger partial charge < -0.3 is 4.90 Å². The summed E-state index contributed by atoms with van der Waals surface area (Å²) in [6.45, 7) is -0.513. The number of amides is 1. The van der Waals surface area contributed by atoms with Crippen molar-refractivity contribution in [3.05, 3.63) is 95.0 Å². The van der Waals surface area contributed by atoms with E-state index in [0.717, 1.165) is 17.7 Å². The van der Waals surface area contributed by atoms with Crippen LogP contribution in [0.2, 0.25) is 5.02 Å². The Bertz CT molecular complexity index is 1220. The van der Waals surface area contributed by atoms with Crippen molar-refractivity contribution in [2.45, 2.75) is 17.6 Å². The minimum absolute atomic E-state index is 0.143. The molecule has 10 heteroatoms. The predicted octanol–water partition coefficient (Wildman–Crippen LogP) is 5.21. The van der Waals surface area contributed by atoms with Crippen molar-refractivity contribution in [3.63, 3.8) is 0 Å². The summed E-state index contributed by atoms with van der Waals surface area (Å²) < 4.78 is 67.1. The van der Waals surface area contributed by atoms with Crippen molar-refractivity contribution >= 4 is 33.2 Å². The molecule has 1 amide bonds. The molecular weight excluding hydrogens is 477 g/mol. The average Bonchev–Trinajstić information content (AvgIpc) is 2.78. The van der Waals surface area contributed by atoms with E-state index < -0.39 is 34.2 Å². The van der Waals surface area contributed by atoms with Gasteiger partial charge in [-0.1, -0.05) is 48.0 Å². The lowest BCUT2D eigenvalue weighted by molar-refractivity contribution is -0.137. The molecule has 0 aromatic heterocycles. The third-order valence-electron chi connectivity index (χ3n) is 4.83. The highest BCUT2D eigenvalue weighted by molar-refractivity contribution is 7.92. The Morgan fingerprint density at radius 2 is 1.58 bits per heavy atom. The first-order chi connectivity index (χ1) is 15.5. The Morgan fingerprint density at radius 1 is 0.939 bits per heavy atom. The van der Waals surface area contributed by atoms with E-state index in [1.54, 1.807) is 30.3 Å². The Morgan fingerprint density at radius 3 is 2.18 bits per heavy atom. The maximum atomic E-state index is 13.3. The topological polar surface area (TPSA) is 57.7 Å². The van der Waals surface area contributed by atoms with Gasteiger partial charge in [0.2, 0.25) is 5.91 Å². The van der Waals surface area contributed by atoms with Gasteiger partial charge in [0.05, 0.1) is 16.1 Å². The third kappa shape index (κ3) is 6.06. The summed E-state index contributed by atoms with van der Waals surface area (Å²) in [7, 11) is -2.84. The van der Waals surface area contributed by atoms with Gasteiger partial charge in [0.1, 0.15) is 6.54 Å². The van der Waals surface area contributed by atoms with Crippen LogP contribution in [-0.2, 0) is 27.5 Å². The maximum Gasteiger partial charge on any atom is 0.416 e. The number of halogens is 4. The van der Waals surface area contributed by atoms with Gasteiger partial charge in [0.25, 0.3) is 10.0 Å². The number of rotatable bonds is 7. The first-order valence-electron chi connectivity index (χ1n) is 9.72. The van der Waals surface area contributed by atoms with Gasteiger partial charge >= 0.3 is 6.18 Å². The van der Waals surface area contributed by atoms with Crippen LogP contribution in [0.25, 0.3) is 0 Å². The van der Waals surface area contributed by atoms with Crippen molar-refractivity contribution < 1.29 is 26.4 Å². The van der Waals surface area contributed by atoms with Gasteiger partial charge in [-0.25, -0.2) is 8.42 Å². The number of sulfonamides is 1. The number of carbonyl (C=O) groups is 1. The van der Waals surface area contributed by atoms with Crippen LogP contribution in [0.3, 0.4) is 0 Å². The molecule has 0 aliphatic heterocycles. The molecule has 0 bridgehead atoms. The lowest BCUT2D eigenvalue weighted by atomic mass is 10.2. The molecule has 0 saturated heterocycles. The molecule has 0 radical (unpaired) electrons. The fourth-order valence-corrected chi connectivity index (χ4v) is 4.62. The smallest absolute Gasteiger partial charge is 0.340 e. The molecule has 0 atom stereocenters. The summed E-state index contributed by atoms with van der Waals surface area (Å²) in [5.41, 5.74) is -0.524. The van der Waals surface area contributed by atoms with Crippen molar-refractivity contribution in [1.29, 1.82) is 0 Å². The van der Waals surface area contributed by atoms with Gasteiger partial charge in [-0.05, 0) is 48.0 Å². The third-order valence-corrected chi connectivity index (χ3v) is 6.87. The minimum atomic E-state index is -4.67. The van der Waals surface area contributed by atoms with E-state index in [0.29, 0.717) is 15.4 Å². The number of hydrogen-bond donors (Lipinski definition) is 0. The SMILES string of the molecule is CN(Cc1ccc(Cl)cc1)C(=O)CN(c1cccc(C(F)(F)F)c1)S(=O)(=O)c1ccccc1. The lowest BCUT2D eigenvalue weighted by Crippen LogP contribution is -2.41. The largest absolute Gasteiger partial charge is 0.416 e. The Balaban J connectivity index is 1.95. The zero-order valence-corrected chi connectivity index (χ0v) is 19.0. The van der Waals surface area contributed by atoms with Crippen LogP contribution in [0.15, 0.2) is 83.8 Å². The number of likely N-dealkylation sites (N-methyl/N-ethyl adjacent to an activating group) is 1. The molecule has 3 aromatic carbocycles. The molecule has 0 heterocycles. The first-order valence-corrected chi connectivity index (χ1v) is 11.5. The van der Waals surface area contributed by atoms with Gasteiger partial charge in [-0.3, -0.25) is 9.10 Å². The fraction of sp³-hybridized carbons (Fsp3) is 0.174. The molecule has 0 spiro atoms. The molecule has 174 valence electrons. The van der Waals surface area contributed by atoms with Gasteiger partial charge in [-0.2, -0.15) is 13.2 Å². The molecule has 0 fully saturated rings. The second-order valence-electron chi connectivity index (χ2n) is 7.25. The highest BCUT2D eigenvalue weighted by Gasteiger charge is 2.33. The predicted molar refractivity (Wildman–Crippen MR) is 120 cm³/mol. The van der Waals surface area contributed by atoms with Gasteiger partial charge in [-0.15, -0.1) is 0 Å². The van der Waals surface area contributed by atoms with Crippen LogP contribution >= 0.6 is 11.6 Å². The highest BCUT2D eigenvalue weighted by Crippen LogP contribution is 2.33. The van der Waals surface area contributed by atoms with Crippen molar-refractivity contribution in [2.75, 3.05) is 17.9 Å². The monoisotopic (exact) mass is 496 g/mol. The van der Waals surface area contributed by atoms with Crippen LogP contribution in [-0.4, -0.2) is 32.8 Å². The zero-order chi connectivity index (χ0) is 24.2. The van der Waals surface area contributed by atoms with Crippen molar-refractivity contribution in [3.8, 4) is 0 Å². The molecule has 0 aliphatic rings. The second kappa shape index (κ2) is 9.84. The molecule has 5 nitrogen and oxygen atoms in total. The number of carbonyl (C=O) groups excluding carboxylic acids is 1. The quantitative estimate of drug-likeness (QED) is 0.451. The van der Waals surface area contributed by atoms with E-state index in [1.165, 1.54) is 42.3 Å². The zero-order valence-electron chi connectivity index (χ0n) is 17.5. The first kappa shape index (κ1) is 24.6. The summed E-state index contributed by atoms with van der Waals surface area (Å²) in [6.07, 6.45) is -4.67. The van der Waals surface area contributed by atoms with Crippen molar-refractivity contribution in [2.24, 2.45) is 0 Å². The van der Waals surface area contributed by atoms with Crippen LogP contribution in [0.4, 0.5) is 18.9 Å². The van der Waals surface area contributed by atoms with Crippen LogP contribution in [0, 0.1) is 0 Å². The molecule has 33 heavy (non-hydrogen) atoms. The van der Waals surface area contributed by atoms with Crippen molar-refractivity contribution in [1.82, 2.24) is 4.90 Å². The lowest BCUT2D eigenvalue weighted by Gasteiger charge is -2.27. The maximum absolute atomic E-state index is 13.3. The summed E-state index contributed by atoms with van der Waals surface area (Å²) in [5, 5.41) is 0.525. The molecule has 0 saturated carbocycles. The Hall–Kier alpha value is -3.04. The Labute approximate surface area is 195 Å². The molecular formula is C23H20ClF3N2O3S. The second-order valence-corrected chi connectivity index (χ2v) is 9.55. The van der Waals surface area contributed by atoms with E-state index in [1.807, 2.05) is 0 Å². The van der Waals surface area contributed by atoms with E-state index in [2.05, 4.69) is 0 Å². The fourth-order valence-electron chi connectivity index (χ4n) is 3.07. The number of hydrogen-bond acceptors (Lipinski definition) is 3. The normalized spacial score (nSPS) is 11.8. The molecule has 0 unspecified atom stereocenters. The van der Waals surface area contributed by atoms with Crippen LogP contribution in [0.5, 0.6) is 0 Å². The number of nitrogens with zero attached hydrogens (tertiary/aromatic N) is 2. The van der Waals surface area contributed by atoms with E-state index in [-0.39, 0.29) is 17.1 Å². The molecule has 3 aromatic rings. The summed E-state index contributed by atoms with van der Waals surface area (Å²) >= 11 is 5.87. The van der Waals surface area contributed by atoms with Crippen LogP contribution in [0.1, 0.15) is 11.1 Å². The number of alkyl halides is 3. The van der Waals surface area contributed by atoms with E-state index >= 15 is 0 Å². The Kier molecular flexibility index (Phi) is 7.34. The number of anilines is 1. The highest BCUT2D eigenvalue weighted by atomic mass is 35.5. The van der Waals surface area contributed by atoms with E-state index in [4.69, 9.17) is 11.6 Å². The van der Waals surface area contributed by atoms with E-state index in [9.17, 15) is 26.4 Å². The molecule has 0 N–H and O–H groups in total. The average molecular weight is 497 g/mol. The minimum Gasteiger partial charge on any atom is -0.340 e. The summed E-state index contributed by atoms with van der Waals surface area (Å²) in [6, 6.07) is 17.9. The summed E-state index contributed by atoms with van der Waals surface area (Å²) in [4.78, 5) is 14.1. The van der Waals surface area contributed by atoms with Gasteiger partial charge in [0, 0.05) is 18.6 Å². The van der Waals surface area contributed by atoms with Gasteiger partial charge in [0.15, 0.2) is 0 Å². The molecule has 0 aliphatic carbocycles. The van der Waals surface area contributed by atoms with Crippen LogP contribution < -0.4 is 4.31 Å². The number of benzene rings is 3. The summed E-state index contributed by atoms with van der Waals surface area (Å²) in [5.74, 6) is -0.595.